The number of rotatable bonds is 5. The highest BCUT2D eigenvalue weighted by Gasteiger charge is 2.07. The molecule has 0 aliphatic heterocycles. The van der Waals surface area contributed by atoms with Crippen LogP contribution >= 0.6 is 11.3 Å². The van der Waals surface area contributed by atoms with E-state index >= 15 is 0 Å². The second-order valence-electron chi connectivity index (χ2n) is 4.90. The lowest BCUT2D eigenvalue weighted by atomic mass is 10.2. The largest absolute Gasteiger partial charge is 0.330 e. The van der Waals surface area contributed by atoms with E-state index in [0.29, 0.717) is 0 Å². The number of thiophene rings is 1. The Kier molecular flexibility index (Phi) is 3.85. The first-order chi connectivity index (χ1) is 9.79. The molecule has 1 aromatic carbocycles. The molecule has 1 N–H and O–H groups in total. The summed E-state index contributed by atoms with van der Waals surface area (Å²) in [6.45, 7) is 3.92. The van der Waals surface area contributed by atoms with Gasteiger partial charge >= 0.3 is 0 Å². The smallest absolute Gasteiger partial charge is 0.123 e. The fourth-order valence-corrected chi connectivity index (χ4v) is 3.42. The number of aromatic nitrogens is 2. The molecule has 20 heavy (non-hydrogen) atoms. The van der Waals surface area contributed by atoms with Gasteiger partial charge in [-0.2, -0.15) is 0 Å². The van der Waals surface area contributed by atoms with Crippen LogP contribution in [0.2, 0.25) is 0 Å². The minimum atomic E-state index is 0.798. The summed E-state index contributed by atoms with van der Waals surface area (Å²) in [7, 11) is 2.08. The zero-order chi connectivity index (χ0) is 13.9. The molecule has 0 fully saturated rings. The van der Waals surface area contributed by atoms with Gasteiger partial charge < -0.3 is 9.88 Å². The van der Waals surface area contributed by atoms with Gasteiger partial charge in [0, 0.05) is 18.5 Å². The van der Waals surface area contributed by atoms with Crippen molar-refractivity contribution in [2.75, 3.05) is 0 Å². The van der Waals surface area contributed by atoms with Crippen LogP contribution in [-0.4, -0.2) is 9.55 Å². The molecule has 3 nitrogen and oxygen atoms in total. The summed E-state index contributed by atoms with van der Waals surface area (Å²) in [5.74, 6) is 1.08. The van der Waals surface area contributed by atoms with E-state index in [1.807, 2.05) is 17.4 Å². The van der Waals surface area contributed by atoms with Gasteiger partial charge in [0.15, 0.2) is 0 Å². The number of hydrogen-bond donors (Lipinski definition) is 1. The Morgan fingerprint density at radius 1 is 1.20 bits per heavy atom. The Morgan fingerprint density at radius 3 is 2.85 bits per heavy atom. The summed E-state index contributed by atoms with van der Waals surface area (Å²) in [5.41, 5.74) is 3.71. The first-order valence-corrected chi connectivity index (χ1v) is 7.84. The van der Waals surface area contributed by atoms with Crippen molar-refractivity contribution >= 4 is 22.4 Å². The third kappa shape index (κ3) is 2.49. The fourth-order valence-electron chi connectivity index (χ4n) is 2.48. The highest BCUT2D eigenvalue weighted by molar-refractivity contribution is 7.10. The van der Waals surface area contributed by atoms with Crippen LogP contribution in [0.5, 0.6) is 0 Å². The minimum absolute atomic E-state index is 0.798. The van der Waals surface area contributed by atoms with Crippen LogP contribution in [-0.2, 0) is 26.6 Å². The molecule has 0 aliphatic carbocycles. The fraction of sp³-hybridized carbons (Fsp3) is 0.312. The molecule has 0 bridgehead atoms. The first-order valence-electron chi connectivity index (χ1n) is 6.96. The molecule has 0 amide bonds. The molecule has 104 valence electrons. The Hall–Kier alpha value is -1.65. The molecule has 4 heteroatoms. The average Bonchev–Trinajstić information content (AvgIpc) is 3.05. The van der Waals surface area contributed by atoms with E-state index in [4.69, 9.17) is 0 Å². The summed E-state index contributed by atoms with van der Waals surface area (Å²) in [6, 6.07) is 10.5. The molecule has 2 heterocycles. The van der Waals surface area contributed by atoms with E-state index in [1.54, 1.807) is 0 Å². The SMILES string of the molecule is CCc1ccsc1CNCc1nc2ccccc2n1C. The molecule has 0 atom stereocenters. The Balaban J connectivity index is 1.70. The van der Waals surface area contributed by atoms with Gasteiger partial charge in [-0.25, -0.2) is 4.98 Å². The maximum atomic E-state index is 4.68. The quantitative estimate of drug-likeness (QED) is 0.777. The third-order valence-electron chi connectivity index (χ3n) is 3.67. The predicted molar refractivity (Wildman–Crippen MR) is 85.0 cm³/mol. The van der Waals surface area contributed by atoms with E-state index in [-0.39, 0.29) is 0 Å². The van der Waals surface area contributed by atoms with Gasteiger partial charge in [0.2, 0.25) is 0 Å². The van der Waals surface area contributed by atoms with Crippen LogP contribution in [0.4, 0.5) is 0 Å². The van der Waals surface area contributed by atoms with Gasteiger partial charge in [-0.15, -0.1) is 11.3 Å². The van der Waals surface area contributed by atoms with Crippen molar-refractivity contribution in [1.82, 2.24) is 14.9 Å². The van der Waals surface area contributed by atoms with Crippen molar-refractivity contribution in [3.63, 3.8) is 0 Å². The van der Waals surface area contributed by atoms with Crippen LogP contribution in [0.1, 0.15) is 23.2 Å². The number of nitrogens with one attached hydrogen (secondary N) is 1. The zero-order valence-corrected chi connectivity index (χ0v) is 12.7. The second-order valence-corrected chi connectivity index (χ2v) is 5.90. The van der Waals surface area contributed by atoms with E-state index < -0.39 is 0 Å². The van der Waals surface area contributed by atoms with E-state index in [1.165, 1.54) is 16.0 Å². The molecule has 2 aromatic heterocycles. The number of hydrogen-bond acceptors (Lipinski definition) is 3. The van der Waals surface area contributed by atoms with Gasteiger partial charge in [0.05, 0.1) is 17.6 Å². The van der Waals surface area contributed by atoms with Crippen molar-refractivity contribution in [2.24, 2.45) is 7.05 Å². The zero-order valence-electron chi connectivity index (χ0n) is 11.9. The molecule has 3 aromatic rings. The van der Waals surface area contributed by atoms with Gasteiger partial charge in [-0.05, 0) is 35.6 Å². The number of aryl methyl sites for hydroxylation is 2. The molecule has 0 saturated heterocycles. The number of benzene rings is 1. The summed E-state index contributed by atoms with van der Waals surface area (Å²) < 4.78 is 2.16. The average molecular weight is 285 g/mol. The van der Waals surface area contributed by atoms with Crippen LogP contribution in [0.25, 0.3) is 11.0 Å². The van der Waals surface area contributed by atoms with E-state index in [0.717, 1.165) is 30.9 Å². The normalized spacial score (nSPS) is 11.3. The molecule has 0 spiro atoms. The summed E-state index contributed by atoms with van der Waals surface area (Å²) >= 11 is 1.83. The summed E-state index contributed by atoms with van der Waals surface area (Å²) in [5, 5.41) is 5.68. The summed E-state index contributed by atoms with van der Waals surface area (Å²) in [6.07, 6.45) is 1.10. The lowest BCUT2D eigenvalue weighted by molar-refractivity contribution is 0.646. The maximum absolute atomic E-state index is 4.68. The predicted octanol–water partition coefficient (Wildman–Crippen LogP) is 3.49. The number of fused-ring (bicyclic) bond motifs is 1. The van der Waals surface area contributed by atoms with Crippen molar-refractivity contribution in [2.45, 2.75) is 26.4 Å². The Labute approximate surface area is 123 Å². The van der Waals surface area contributed by atoms with Crippen molar-refractivity contribution < 1.29 is 0 Å². The Bertz CT molecular complexity index is 711. The van der Waals surface area contributed by atoms with Crippen molar-refractivity contribution in [3.05, 3.63) is 52.0 Å². The van der Waals surface area contributed by atoms with Crippen LogP contribution < -0.4 is 5.32 Å². The highest BCUT2D eigenvalue weighted by atomic mass is 32.1. The lowest BCUT2D eigenvalue weighted by Crippen LogP contribution is -2.15. The van der Waals surface area contributed by atoms with Crippen LogP contribution in [0.3, 0.4) is 0 Å². The van der Waals surface area contributed by atoms with Gasteiger partial charge in [0.1, 0.15) is 5.82 Å². The van der Waals surface area contributed by atoms with Gasteiger partial charge in [0.25, 0.3) is 0 Å². The number of para-hydroxylation sites is 2. The molecule has 0 saturated carbocycles. The lowest BCUT2D eigenvalue weighted by Gasteiger charge is -2.05. The van der Waals surface area contributed by atoms with Crippen LogP contribution in [0.15, 0.2) is 35.7 Å². The van der Waals surface area contributed by atoms with E-state index in [9.17, 15) is 0 Å². The molecule has 0 aliphatic rings. The molecular weight excluding hydrogens is 266 g/mol. The maximum Gasteiger partial charge on any atom is 0.123 e. The van der Waals surface area contributed by atoms with Crippen LogP contribution in [0, 0.1) is 0 Å². The van der Waals surface area contributed by atoms with Gasteiger partial charge in [-0.1, -0.05) is 19.1 Å². The topological polar surface area (TPSA) is 29.9 Å². The molecule has 0 unspecified atom stereocenters. The standard InChI is InChI=1S/C16H19N3S/c1-3-12-8-9-20-15(12)10-17-11-16-18-13-6-4-5-7-14(13)19(16)2/h4-9,17H,3,10-11H2,1-2H3. The molecular formula is C16H19N3S. The second kappa shape index (κ2) is 5.77. The first kappa shape index (κ1) is 13.3. The highest BCUT2D eigenvalue weighted by Crippen LogP contribution is 2.18. The van der Waals surface area contributed by atoms with Gasteiger partial charge in [-0.3, -0.25) is 0 Å². The van der Waals surface area contributed by atoms with Crippen molar-refractivity contribution in [3.8, 4) is 0 Å². The monoisotopic (exact) mass is 285 g/mol. The Morgan fingerprint density at radius 2 is 2.05 bits per heavy atom. The van der Waals surface area contributed by atoms with Crippen molar-refractivity contribution in [1.29, 1.82) is 0 Å². The third-order valence-corrected chi connectivity index (χ3v) is 4.63. The summed E-state index contributed by atoms with van der Waals surface area (Å²) in [4.78, 5) is 6.11. The molecule has 3 rings (SSSR count). The minimum Gasteiger partial charge on any atom is -0.330 e. The molecule has 0 radical (unpaired) electrons. The number of nitrogens with zero attached hydrogens (tertiary/aromatic N) is 2. The number of imidazole rings is 1. The van der Waals surface area contributed by atoms with E-state index in [2.05, 4.69) is 58.5 Å².